The predicted molar refractivity (Wildman–Crippen MR) is 72.7 cm³/mol. The normalized spacial score (nSPS) is 22.4. The van der Waals surface area contributed by atoms with Gasteiger partial charge in [0.25, 0.3) is 0 Å². The summed E-state index contributed by atoms with van der Waals surface area (Å²) in [5.74, 6) is 2.45. The largest absolute Gasteiger partial charge is 0.464 e. The third-order valence-electron chi connectivity index (χ3n) is 3.82. The highest BCUT2D eigenvalue weighted by atomic mass is 32.2. The fraction of sp³-hybridized carbons (Fsp3) is 0.714. The van der Waals surface area contributed by atoms with Crippen molar-refractivity contribution < 1.29 is 8.63 Å². The monoisotopic (exact) mass is 267 g/mol. The highest BCUT2D eigenvalue weighted by Gasteiger charge is 2.23. The first-order valence-electron chi connectivity index (χ1n) is 6.99. The van der Waals surface area contributed by atoms with Gasteiger partial charge in [0.05, 0.1) is 12.3 Å². The van der Waals surface area contributed by atoms with E-state index in [9.17, 15) is 4.21 Å². The summed E-state index contributed by atoms with van der Waals surface area (Å²) in [5.41, 5.74) is 0. The second-order valence-electron chi connectivity index (χ2n) is 5.45. The Morgan fingerprint density at radius 2 is 1.89 bits per heavy atom. The molecule has 2 fully saturated rings. The van der Waals surface area contributed by atoms with Gasteiger partial charge in [-0.05, 0) is 37.8 Å². The van der Waals surface area contributed by atoms with Gasteiger partial charge in [0.1, 0.15) is 11.5 Å². The molecule has 4 heteroatoms. The molecule has 0 spiro atoms. The van der Waals surface area contributed by atoms with Crippen molar-refractivity contribution in [3.63, 3.8) is 0 Å². The molecule has 1 N–H and O–H groups in total. The average Bonchev–Trinajstić information content (AvgIpc) is 2.88. The molecule has 1 aromatic heterocycles. The van der Waals surface area contributed by atoms with Crippen LogP contribution in [0.1, 0.15) is 50.0 Å². The maximum absolute atomic E-state index is 12.1. The Morgan fingerprint density at radius 1 is 1.17 bits per heavy atom. The van der Waals surface area contributed by atoms with E-state index in [1.54, 1.807) is 0 Å². The molecule has 18 heavy (non-hydrogen) atoms. The van der Waals surface area contributed by atoms with Crippen LogP contribution in [-0.4, -0.2) is 15.5 Å². The highest BCUT2D eigenvalue weighted by molar-refractivity contribution is 7.84. The van der Waals surface area contributed by atoms with Crippen LogP contribution in [0.5, 0.6) is 0 Å². The minimum Gasteiger partial charge on any atom is -0.464 e. The van der Waals surface area contributed by atoms with Crippen molar-refractivity contribution in [1.29, 1.82) is 0 Å². The van der Waals surface area contributed by atoms with Crippen molar-refractivity contribution >= 4 is 10.8 Å². The van der Waals surface area contributed by atoms with Gasteiger partial charge in [-0.25, -0.2) is 0 Å². The summed E-state index contributed by atoms with van der Waals surface area (Å²) in [6, 6.07) is 4.69. The minimum atomic E-state index is -0.748. The molecule has 0 radical (unpaired) electrons. The molecule has 0 saturated heterocycles. The number of hydrogen-bond donors (Lipinski definition) is 1. The molecule has 3 nitrogen and oxygen atoms in total. The lowest BCUT2D eigenvalue weighted by Gasteiger charge is -2.07. The van der Waals surface area contributed by atoms with E-state index in [-0.39, 0.29) is 0 Å². The van der Waals surface area contributed by atoms with Gasteiger partial charge in [0.2, 0.25) is 0 Å². The van der Waals surface area contributed by atoms with Crippen molar-refractivity contribution in [1.82, 2.24) is 5.32 Å². The van der Waals surface area contributed by atoms with Crippen LogP contribution in [0.2, 0.25) is 0 Å². The lowest BCUT2D eigenvalue weighted by atomic mass is 10.4. The van der Waals surface area contributed by atoms with E-state index in [1.165, 1.54) is 25.7 Å². The lowest BCUT2D eigenvalue weighted by Crippen LogP contribution is -2.14. The van der Waals surface area contributed by atoms with E-state index >= 15 is 0 Å². The quantitative estimate of drug-likeness (QED) is 0.861. The zero-order chi connectivity index (χ0) is 12.4. The fourth-order valence-electron chi connectivity index (χ4n) is 2.54. The number of nitrogens with one attached hydrogen (secondary N) is 1. The Hall–Kier alpha value is -0.610. The number of furan rings is 1. The average molecular weight is 267 g/mol. The van der Waals surface area contributed by atoms with E-state index in [0.29, 0.717) is 17.0 Å². The second-order valence-corrected chi connectivity index (χ2v) is 7.17. The maximum atomic E-state index is 12.1. The molecule has 3 rings (SSSR count). The van der Waals surface area contributed by atoms with E-state index < -0.39 is 10.8 Å². The summed E-state index contributed by atoms with van der Waals surface area (Å²) in [6.45, 7) is 0.806. The SMILES string of the molecule is O=S(Cc1ccc(CNC2CC2)o1)C1CCCC1. The first-order valence-corrected chi connectivity index (χ1v) is 8.37. The molecule has 2 aliphatic carbocycles. The lowest BCUT2D eigenvalue weighted by molar-refractivity contribution is 0.457. The Labute approximate surface area is 111 Å². The summed E-state index contributed by atoms with van der Waals surface area (Å²) >= 11 is 0. The Morgan fingerprint density at radius 3 is 2.61 bits per heavy atom. The van der Waals surface area contributed by atoms with E-state index in [0.717, 1.165) is 30.9 Å². The van der Waals surface area contributed by atoms with Gasteiger partial charge in [-0.2, -0.15) is 0 Å². The summed E-state index contributed by atoms with van der Waals surface area (Å²) in [5, 5.41) is 3.83. The van der Waals surface area contributed by atoms with Crippen molar-refractivity contribution in [2.24, 2.45) is 0 Å². The third kappa shape index (κ3) is 3.23. The van der Waals surface area contributed by atoms with Crippen molar-refractivity contribution in [2.75, 3.05) is 0 Å². The van der Waals surface area contributed by atoms with Gasteiger partial charge in [0.15, 0.2) is 0 Å². The molecule has 0 aromatic carbocycles. The molecule has 1 aromatic rings. The third-order valence-corrected chi connectivity index (χ3v) is 5.60. The first kappa shape index (κ1) is 12.4. The van der Waals surface area contributed by atoms with Crippen molar-refractivity contribution in [3.05, 3.63) is 23.7 Å². The van der Waals surface area contributed by atoms with Crippen LogP contribution in [0, 0.1) is 0 Å². The molecule has 0 aliphatic heterocycles. The Bertz CT molecular complexity index is 419. The van der Waals surface area contributed by atoms with Gasteiger partial charge < -0.3 is 9.73 Å². The van der Waals surface area contributed by atoms with Crippen LogP contribution in [0.25, 0.3) is 0 Å². The number of hydrogen-bond acceptors (Lipinski definition) is 3. The van der Waals surface area contributed by atoms with Gasteiger partial charge in [-0.1, -0.05) is 12.8 Å². The molecule has 2 saturated carbocycles. The van der Waals surface area contributed by atoms with Crippen LogP contribution in [0.15, 0.2) is 16.5 Å². The summed E-state index contributed by atoms with van der Waals surface area (Å²) in [4.78, 5) is 0. The predicted octanol–water partition coefficient (Wildman–Crippen LogP) is 2.72. The fourth-order valence-corrected chi connectivity index (χ4v) is 4.07. The molecular weight excluding hydrogens is 246 g/mol. The zero-order valence-electron chi connectivity index (χ0n) is 10.7. The minimum absolute atomic E-state index is 0.406. The van der Waals surface area contributed by atoms with Crippen LogP contribution >= 0.6 is 0 Å². The van der Waals surface area contributed by atoms with Gasteiger partial charge in [0, 0.05) is 22.1 Å². The van der Waals surface area contributed by atoms with Crippen LogP contribution in [0.4, 0.5) is 0 Å². The molecule has 2 aliphatic rings. The first-order chi connectivity index (χ1) is 8.81. The van der Waals surface area contributed by atoms with Crippen molar-refractivity contribution in [3.8, 4) is 0 Å². The van der Waals surface area contributed by atoms with E-state index in [1.807, 2.05) is 12.1 Å². The topological polar surface area (TPSA) is 42.2 Å². The number of rotatable bonds is 6. The van der Waals surface area contributed by atoms with E-state index in [4.69, 9.17) is 4.42 Å². The van der Waals surface area contributed by atoms with E-state index in [2.05, 4.69) is 5.32 Å². The molecule has 1 unspecified atom stereocenters. The standard InChI is InChI=1S/C14H21NO2S/c16-18(14-3-1-2-4-14)10-13-8-7-12(17-13)9-15-11-5-6-11/h7-8,11,14-15H,1-6,9-10H2. The summed E-state index contributed by atoms with van der Waals surface area (Å²) in [7, 11) is -0.748. The van der Waals surface area contributed by atoms with Crippen LogP contribution < -0.4 is 5.32 Å². The highest BCUT2D eigenvalue weighted by Crippen LogP contribution is 2.25. The maximum Gasteiger partial charge on any atom is 0.118 e. The molecular formula is C14H21NO2S. The molecule has 0 amide bonds. The smallest absolute Gasteiger partial charge is 0.118 e. The van der Waals surface area contributed by atoms with Crippen molar-refractivity contribution in [2.45, 2.75) is 62.1 Å². The van der Waals surface area contributed by atoms with Crippen LogP contribution in [-0.2, 0) is 23.1 Å². The molecule has 1 atom stereocenters. The Balaban J connectivity index is 1.50. The van der Waals surface area contributed by atoms with Gasteiger partial charge in [-0.3, -0.25) is 4.21 Å². The second kappa shape index (κ2) is 5.57. The Kier molecular flexibility index (Phi) is 3.85. The van der Waals surface area contributed by atoms with Gasteiger partial charge in [-0.15, -0.1) is 0 Å². The molecule has 0 bridgehead atoms. The van der Waals surface area contributed by atoms with Gasteiger partial charge >= 0.3 is 0 Å². The molecule has 100 valence electrons. The summed E-state index contributed by atoms with van der Waals surface area (Å²) in [6.07, 6.45) is 7.32. The summed E-state index contributed by atoms with van der Waals surface area (Å²) < 4.78 is 17.9. The zero-order valence-corrected chi connectivity index (χ0v) is 11.5. The molecule has 1 heterocycles. The van der Waals surface area contributed by atoms with Crippen LogP contribution in [0.3, 0.4) is 0 Å².